The largest absolute Gasteiger partial charge is 0.371 e. The molecule has 4 rings (SSSR count). The summed E-state index contributed by atoms with van der Waals surface area (Å²) in [4.78, 5) is 0. The van der Waals surface area contributed by atoms with E-state index in [2.05, 4.69) is 13.8 Å². The van der Waals surface area contributed by atoms with Crippen LogP contribution in [0.3, 0.4) is 0 Å². The average Bonchev–Trinajstić information content (AvgIpc) is 2.31. The Labute approximate surface area is 68.1 Å². The van der Waals surface area contributed by atoms with Crippen LogP contribution in [0.5, 0.6) is 0 Å². The molecule has 4 aliphatic rings. The van der Waals surface area contributed by atoms with Crippen molar-refractivity contribution >= 4 is 0 Å². The first-order valence-corrected chi connectivity index (χ1v) is 4.87. The van der Waals surface area contributed by atoms with E-state index in [1.54, 1.807) is 0 Å². The van der Waals surface area contributed by atoms with Gasteiger partial charge in [0.05, 0.1) is 11.7 Å². The van der Waals surface area contributed by atoms with Gasteiger partial charge >= 0.3 is 0 Å². The fraction of sp³-hybridized carbons (Fsp3) is 1.00. The Bertz CT molecular complexity index is 183. The molecule has 1 nitrogen and oxygen atoms in total. The zero-order valence-corrected chi connectivity index (χ0v) is 7.34. The molecular weight excluding hydrogens is 136 g/mol. The van der Waals surface area contributed by atoms with Crippen LogP contribution in [0.2, 0.25) is 0 Å². The summed E-state index contributed by atoms with van der Waals surface area (Å²) >= 11 is 0. The Morgan fingerprint density at radius 3 is 2.82 bits per heavy atom. The standard InChI is InChI=1S/C10H16O/c1-6-7-3-8-4-9(6)11-10(8,2)5-7/h6-9H,3-5H2,1-2H3/t6-,7?,8?,9?,10?/m1/s1. The average molecular weight is 152 g/mol. The van der Waals surface area contributed by atoms with Gasteiger partial charge in [-0.3, -0.25) is 0 Å². The number of rotatable bonds is 0. The highest BCUT2D eigenvalue weighted by molar-refractivity contribution is 5.08. The summed E-state index contributed by atoms with van der Waals surface area (Å²) in [6.45, 7) is 4.69. The summed E-state index contributed by atoms with van der Waals surface area (Å²) < 4.78 is 6.05. The van der Waals surface area contributed by atoms with Gasteiger partial charge in [0.15, 0.2) is 0 Å². The Hall–Kier alpha value is -0.0400. The van der Waals surface area contributed by atoms with Crippen molar-refractivity contribution in [2.45, 2.75) is 44.8 Å². The SMILES string of the molecule is C[C@@H]1C2CC3CC1OC3(C)C2. The molecule has 5 atom stereocenters. The molecule has 0 radical (unpaired) electrons. The Kier molecular flexibility index (Phi) is 0.976. The molecule has 0 amide bonds. The molecule has 4 fully saturated rings. The van der Waals surface area contributed by atoms with Crippen LogP contribution in [0.4, 0.5) is 0 Å². The molecule has 4 bridgehead atoms. The fourth-order valence-corrected chi connectivity index (χ4v) is 3.58. The van der Waals surface area contributed by atoms with Crippen molar-refractivity contribution in [3.63, 3.8) is 0 Å². The maximum atomic E-state index is 6.05. The minimum atomic E-state index is 0.307. The lowest BCUT2D eigenvalue weighted by molar-refractivity contribution is -0.0954. The van der Waals surface area contributed by atoms with Crippen LogP contribution >= 0.6 is 0 Å². The monoisotopic (exact) mass is 152 g/mol. The zero-order valence-electron chi connectivity index (χ0n) is 7.34. The molecule has 0 aromatic heterocycles. The third-order valence-electron chi connectivity index (χ3n) is 4.39. The van der Waals surface area contributed by atoms with Crippen molar-refractivity contribution in [1.29, 1.82) is 0 Å². The van der Waals surface area contributed by atoms with Crippen molar-refractivity contribution in [3.05, 3.63) is 0 Å². The molecule has 2 saturated carbocycles. The molecule has 11 heavy (non-hydrogen) atoms. The minimum Gasteiger partial charge on any atom is -0.371 e. The van der Waals surface area contributed by atoms with Gasteiger partial charge in [0.1, 0.15) is 0 Å². The predicted octanol–water partition coefficient (Wildman–Crippen LogP) is 2.21. The smallest absolute Gasteiger partial charge is 0.0690 e. The summed E-state index contributed by atoms with van der Waals surface area (Å²) in [5.74, 6) is 2.76. The topological polar surface area (TPSA) is 9.23 Å². The van der Waals surface area contributed by atoms with Crippen LogP contribution in [-0.2, 0) is 4.74 Å². The summed E-state index contributed by atoms with van der Waals surface area (Å²) in [5.41, 5.74) is 0.307. The Morgan fingerprint density at radius 2 is 2.18 bits per heavy atom. The van der Waals surface area contributed by atoms with Crippen LogP contribution in [-0.4, -0.2) is 11.7 Å². The quantitative estimate of drug-likeness (QED) is 0.517. The molecule has 2 heterocycles. The first-order valence-electron chi connectivity index (χ1n) is 4.87. The number of hydrogen-bond acceptors (Lipinski definition) is 1. The second kappa shape index (κ2) is 1.66. The molecule has 0 N–H and O–H groups in total. The molecule has 0 aromatic rings. The van der Waals surface area contributed by atoms with Crippen LogP contribution in [0.25, 0.3) is 0 Å². The van der Waals surface area contributed by atoms with Crippen LogP contribution < -0.4 is 0 Å². The zero-order chi connectivity index (χ0) is 7.64. The summed E-state index contributed by atoms with van der Waals surface area (Å²) in [6, 6.07) is 0. The van der Waals surface area contributed by atoms with Gasteiger partial charge in [0.2, 0.25) is 0 Å². The molecule has 0 aromatic carbocycles. The lowest BCUT2D eigenvalue weighted by Gasteiger charge is -2.35. The van der Waals surface area contributed by atoms with E-state index in [0.29, 0.717) is 11.7 Å². The highest BCUT2D eigenvalue weighted by Crippen LogP contribution is 2.59. The normalized spacial score (nSPS) is 66.0. The number of hydrogen-bond donors (Lipinski definition) is 0. The molecule has 4 unspecified atom stereocenters. The molecule has 2 saturated heterocycles. The van der Waals surface area contributed by atoms with Gasteiger partial charge in [0.25, 0.3) is 0 Å². The van der Waals surface area contributed by atoms with E-state index >= 15 is 0 Å². The Morgan fingerprint density at radius 1 is 1.36 bits per heavy atom. The van der Waals surface area contributed by atoms with E-state index < -0.39 is 0 Å². The van der Waals surface area contributed by atoms with Gasteiger partial charge in [-0.2, -0.15) is 0 Å². The fourth-order valence-electron chi connectivity index (χ4n) is 3.58. The van der Waals surface area contributed by atoms with Crippen molar-refractivity contribution in [1.82, 2.24) is 0 Å². The van der Waals surface area contributed by atoms with E-state index in [-0.39, 0.29) is 0 Å². The molecule has 0 spiro atoms. The second-order valence-corrected chi connectivity index (χ2v) is 4.96. The van der Waals surface area contributed by atoms with Crippen molar-refractivity contribution in [3.8, 4) is 0 Å². The summed E-state index contributed by atoms with van der Waals surface area (Å²) in [5, 5.41) is 0. The van der Waals surface area contributed by atoms with Crippen LogP contribution in [0.1, 0.15) is 33.1 Å². The van der Waals surface area contributed by atoms with Crippen molar-refractivity contribution in [2.75, 3.05) is 0 Å². The van der Waals surface area contributed by atoms with Gasteiger partial charge in [-0.05, 0) is 43.9 Å². The van der Waals surface area contributed by atoms with E-state index in [4.69, 9.17) is 4.74 Å². The molecule has 62 valence electrons. The first kappa shape index (κ1) is 6.47. The summed E-state index contributed by atoms with van der Waals surface area (Å²) in [6.07, 6.45) is 4.77. The number of ether oxygens (including phenoxy) is 1. The Balaban J connectivity index is 2.02. The highest BCUT2D eigenvalue weighted by atomic mass is 16.5. The molecular formula is C10H16O. The van der Waals surface area contributed by atoms with E-state index in [9.17, 15) is 0 Å². The van der Waals surface area contributed by atoms with Crippen LogP contribution in [0, 0.1) is 17.8 Å². The van der Waals surface area contributed by atoms with E-state index in [1.165, 1.54) is 19.3 Å². The third kappa shape index (κ3) is 0.618. The highest BCUT2D eigenvalue weighted by Gasteiger charge is 2.59. The van der Waals surface area contributed by atoms with Crippen LogP contribution in [0.15, 0.2) is 0 Å². The van der Waals surface area contributed by atoms with Crippen molar-refractivity contribution < 1.29 is 4.74 Å². The van der Waals surface area contributed by atoms with E-state index in [1.807, 2.05) is 0 Å². The van der Waals surface area contributed by atoms with Gasteiger partial charge in [-0.1, -0.05) is 6.92 Å². The van der Waals surface area contributed by atoms with Gasteiger partial charge in [-0.25, -0.2) is 0 Å². The maximum absolute atomic E-state index is 6.05. The third-order valence-corrected chi connectivity index (χ3v) is 4.39. The molecule has 2 aliphatic heterocycles. The lowest BCUT2D eigenvalue weighted by Crippen LogP contribution is -2.35. The first-order chi connectivity index (χ1) is 5.19. The molecule has 1 heteroatoms. The molecule has 2 aliphatic carbocycles. The van der Waals surface area contributed by atoms with Gasteiger partial charge < -0.3 is 4.74 Å². The second-order valence-electron chi connectivity index (χ2n) is 4.96. The van der Waals surface area contributed by atoms with Gasteiger partial charge in [-0.15, -0.1) is 0 Å². The predicted molar refractivity (Wildman–Crippen MR) is 43.3 cm³/mol. The lowest BCUT2D eigenvalue weighted by atomic mass is 9.80. The maximum Gasteiger partial charge on any atom is 0.0690 e. The van der Waals surface area contributed by atoms with Gasteiger partial charge in [0, 0.05) is 0 Å². The van der Waals surface area contributed by atoms with E-state index in [0.717, 1.165) is 17.8 Å². The van der Waals surface area contributed by atoms with Crippen molar-refractivity contribution in [2.24, 2.45) is 17.8 Å². The summed E-state index contributed by atoms with van der Waals surface area (Å²) in [7, 11) is 0. The minimum absolute atomic E-state index is 0.307.